The maximum atomic E-state index is 13.0. The fourth-order valence-corrected chi connectivity index (χ4v) is 5.57. The Hall–Kier alpha value is -3.05. The highest BCUT2D eigenvalue weighted by Gasteiger charge is 2.28. The van der Waals surface area contributed by atoms with E-state index in [0.717, 1.165) is 19.3 Å². The third-order valence-corrected chi connectivity index (χ3v) is 7.77. The Morgan fingerprint density at radius 1 is 0.906 bits per heavy atom. The van der Waals surface area contributed by atoms with Crippen molar-refractivity contribution in [3.8, 4) is 0 Å². The highest BCUT2D eigenvalue weighted by Crippen LogP contribution is 2.22. The van der Waals surface area contributed by atoms with Crippen LogP contribution in [0.4, 0.5) is 11.5 Å². The summed E-state index contributed by atoms with van der Waals surface area (Å²) in [5.74, 6) is 0.495. The summed E-state index contributed by atoms with van der Waals surface area (Å²) in [5, 5.41) is 10.8. The maximum absolute atomic E-state index is 13.0. The molecule has 11 heteroatoms. The molecule has 3 heterocycles. The number of hydrogen-bond donors (Lipinski definition) is 0. The number of carbonyl (C=O) groups is 1. The van der Waals surface area contributed by atoms with Crippen molar-refractivity contribution in [2.75, 3.05) is 44.2 Å². The number of sulfonamides is 1. The molecule has 0 atom stereocenters. The molecule has 2 aliphatic rings. The Bertz CT molecular complexity index is 1080. The Morgan fingerprint density at radius 3 is 2.25 bits per heavy atom. The Balaban J connectivity index is 1.41. The van der Waals surface area contributed by atoms with Crippen LogP contribution in [0.2, 0.25) is 0 Å². The van der Waals surface area contributed by atoms with Gasteiger partial charge in [-0.05, 0) is 49.6 Å². The fourth-order valence-electron chi connectivity index (χ4n) is 4.05. The minimum absolute atomic E-state index is 0.0597. The van der Waals surface area contributed by atoms with Crippen molar-refractivity contribution in [1.29, 1.82) is 0 Å². The molecule has 0 bridgehead atoms. The van der Waals surface area contributed by atoms with Crippen LogP contribution >= 0.6 is 0 Å². The quantitative estimate of drug-likeness (QED) is 0.497. The molecule has 4 rings (SSSR count). The van der Waals surface area contributed by atoms with Gasteiger partial charge in [0.25, 0.3) is 11.6 Å². The maximum Gasteiger partial charge on any atom is 0.287 e. The summed E-state index contributed by atoms with van der Waals surface area (Å²) in [5.41, 5.74) is 0.392. The standard InChI is InChI=1S/C21H25N5O5S/c27-21(17-4-7-19(8-5-17)32(30,31)25-12-1-2-13-25)24-11-3-10-23(14-15-24)20-9-6-18(16-22-20)26(28)29/h4-9,16H,1-3,10-15H2. The van der Waals surface area contributed by atoms with Crippen molar-refractivity contribution < 1.29 is 18.1 Å². The molecule has 10 nitrogen and oxygen atoms in total. The number of aromatic nitrogens is 1. The number of carbonyl (C=O) groups excluding carboxylic acids is 1. The molecule has 2 aromatic rings. The predicted molar refractivity (Wildman–Crippen MR) is 118 cm³/mol. The normalized spacial score (nSPS) is 17.9. The number of anilines is 1. The van der Waals surface area contributed by atoms with E-state index in [2.05, 4.69) is 4.98 Å². The van der Waals surface area contributed by atoms with Crippen LogP contribution in [0.15, 0.2) is 47.5 Å². The second kappa shape index (κ2) is 9.21. The summed E-state index contributed by atoms with van der Waals surface area (Å²) in [6, 6.07) is 9.21. The zero-order chi connectivity index (χ0) is 22.7. The first-order valence-corrected chi connectivity index (χ1v) is 12.1. The molecule has 0 aliphatic carbocycles. The van der Waals surface area contributed by atoms with E-state index in [1.807, 2.05) is 4.90 Å². The van der Waals surface area contributed by atoms with Crippen molar-refractivity contribution in [3.05, 3.63) is 58.3 Å². The average Bonchev–Trinajstić information content (AvgIpc) is 3.25. The largest absolute Gasteiger partial charge is 0.355 e. The lowest BCUT2D eigenvalue weighted by Gasteiger charge is -2.23. The van der Waals surface area contributed by atoms with E-state index in [1.165, 1.54) is 28.7 Å². The molecule has 2 saturated heterocycles. The molecular weight excluding hydrogens is 434 g/mol. The number of benzene rings is 1. The van der Waals surface area contributed by atoms with Gasteiger partial charge in [-0.15, -0.1) is 0 Å². The first kappa shape index (κ1) is 22.2. The van der Waals surface area contributed by atoms with Crippen LogP contribution in [0.3, 0.4) is 0 Å². The van der Waals surface area contributed by atoms with Gasteiger partial charge in [0.05, 0.1) is 9.82 Å². The minimum Gasteiger partial charge on any atom is -0.355 e. The van der Waals surface area contributed by atoms with E-state index in [1.54, 1.807) is 23.1 Å². The Kier molecular flexibility index (Phi) is 6.38. The lowest BCUT2D eigenvalue weighted by molar-refractivity contribution is -0.385. The molecule has 0 saturated carbocycles. The third-order valence-electron chi connectivity index (χ3n) is 5.85. The van der Waals surface area contributed by atoms with Crippen LogP contribution in [0.5, 0.6) is 0 Å². The van der Waals surface area contributed by atoms with Crippen molar-refractivity contribution in [1.82, 2.24) is 14.2 Å². The molecule has 2 aliphatic heterocycles. The van der Waals surface area contributed by atoms with Gasteiger partial charge < -0.3 is 9.80 Å². The molecule has 1 aromatic carbocycles. The first-order chi connectivity index (χ1) is 15.4. The van der Waals surface area contributed by atoms with Crippen LogP contribution in [-0.4, -0.2) is 72.7 Å². The minimum atomic E-state index is -3.51. The summed E-state index contributed by atoms with van der Waals surface area (Å²) < 4.78 is 26.8. The molecule has 32 heavy (non-hydrogen) atoms. The number of hydrogen-bond acceptors (Lipinski definition) is 7. The summed E-state index contributed by atoms with van der Waals surface area (Å²) in [7, 11) is -3.51. The van der Waals surface area contributed by atoms with Gasteiger partial charge in [-0.1, -0.05) is 0 Å². The van der Waals surface area contributed by atoms with E-state index in [-0.39, 0.29) is 16.5 Å². The fraction of sp³-hybridized carbons (Fsp3) is 0.429. The molecule has 170 valence electrons. The number of pyridine rings is 1. The van der Waals surface area contributed by atoms with Gasteiger partial charge >= 0.3 is 0 Å². The van der Waals surface area contributed by atoms with Crippen molar-refractivity contribution in [2.45, 2.75) is 24.2 Å². The molecular formula is C21H25N5O5S. The van der Waals surface area contributed by atoms with E-state index in [0.29, 0.717) is 50.6 Å². The zero-order valence-electron chi connectivity index (χ0n) is 17.6. The molecule has 2 fully saturated rings. The molecule has 1 aromatic heterocycles. The molecule has 0 radical (unpaired) electrons. The smallest absolute Gasteiger partial charge is 0.287 e. The topological polar surface area (TPSA) is 117 Å². The summed E-state index contributed by atoms with van der Waals surface area (Å²) in [4.78, 5) is 31.5. The molecule has 0 spiro atoms. The van der Waals surface area contributed by atoms with Gasteiger partial charge in [0.15, 0.2) is 0 Å². The van der Waals surface area contributed by atoms with Gasteiger partial charge in [0, 0.05) is 50.9 Å². The van der Waals surface area contributed by atoms with Crippen LogP contribution in [0, 0.1) is 10.1 Å². The van der Waals surface area contributed by atoms with Crippen molar-refractivity contribution >= 4 is 27.4 Å². The van der Waals surface area contributed by atoms with Crippen LogP contribution in [0.1, 0.15) is 29.6 Å². The number of nitrogens with zero attached hydrogens (tertiary/aromatic N) is 5. The monoisotopic (exact) mass is 459 g/mol. The lowest BCUT2D eigenvalue weighted by atomic mass is 10.2. The van der Waals surface area contributed by atoms with E-state index in [9.17, 15) is 23.3 Å². The summed E-state index contributed by atoms with van der Waals surface area (Å²) >= 11 is 0. The van der Waals surface area contributed by atoms with Crippen molar-refractivity contribution in [2.24, 2.45) is 0 Å². The van der Waals surface area contributed by atoms with Crippen LogP contribution in [0.25, 0.3) is 0 Å². The molecule has 1 amide bonds. The number of rotatable bonds is 5. The average molecular weight is 460 g/mol. The molecule has 0 unspecified atom stereocenters. The lowest BCUT2D eigenvalue weighted by Crippen LogP contribution is -2.35. The van der Waals surface area contributed by atoms with Gasteiger partial charge in [0.2, 0.25) is 10.0 Å². The second-order valence-corrected chi connectivity index (χ2v) is 9.84. The number of amides is 1. The summed E-state index contributed by atoms with van der Waals surface area (Å²) in [6.07, 6.45) is 3.71. The van der Waals surface area contributed by atoms with E-state index >= 15 is 0 Å². The van der Waals surface area contributed by atoms with Gasteiger partial charge in [0.1, 0.15) is 12.0 Å². The number of nitro groups is 1. The Labute approximate surface area is 186 Å². The van der Waals surface area contributed by atoms with Crippen LogP contribution in [-0.2, 0) is 10.0 Å². The zero-order valence-corrected chi connectivity index (χ0v) is 18.4. The molecule has 0 N–H and O–H groups in total. The first-order valence-electron chi connectivity index (χ1n) is 10.6. The van der Waals surface area contributed by atoms with Crippen LogP contribution < -0.4 is 4.90 Å². The second-order valence-electron chi connectivity index (χ2n) is 7.90. The summed E-state index contributed by atoms with van der Waals surface area (Å²) in [6.45, 7) is 3.36. The van der Waals surface area contributed by atoms with Crippen molar-refractivity contribution in [3.63, 3.8) is 0 Å². The van der Waals surface area contributed by atoms with E-state index in [4.69, 9.17) is 0 Å². The van der Waals surface area contributed by atoms with Gasteiger partial charge in [-0.2, -0.15) is 4.31 Å². The highest BCUT2D eigenvalue weighted by molar-refractivity contribution is 7.89. The Morgan fingerprint density at radius 2 is 1.62 bits per heavy atom. The SMILES string of the molecule is O=C(c1ccc(S(=O)(=O)N2CCCC2)cc1)N1CCCN(c2ccc([N+](=O)[O-])cn2)CC1. The van der Waals surface area contributed by atoms with Gasteiger partial charge in [-0.3, -0.25) is 14.9 Å². The van der Waals surface area contributed by atoms with Gasteiger partial charge in [-0.25, -0.2) is 13.4 Å². The highest BCUT2D eigenvalue weighted by atomic mass is 32.2. The predicted octanol–water partition coefficient (Wildman–Crippen LogP) is 2.13. The van der Waals surface area contributed by atoms with E-state index < -0.39 is 14.9 Å². The third kappa shape index (κ3) is 4.58.